The van der Waals surface area contributed by atoms with Crippen LogP contribution in [0.3, 0.4) is 0 Å². The predicted octanol–water partition coefficient (Wildman–Crippen LogP) is 2.52. The lowest BCUT2D eigenvalue weighted by atomic mass is 10.1. The van der Waals surface area contributed by atoms with Crippen LogP contribution >= 0.6 is 15.9 Å². The molecular formula is C11H15BrO2. The zero-order chi connectivity index (χ0) is 10.4. The van der Waals surface area contributed by atoms with Crippen LogP contribution in [0.25, 0.3) is 0 Å². The van der Waals surface area contributed by atoms with Gasteiger partial charge in [0.2, 0.25) is 0 Å². The van der Waals surface area contributed by atoms with E-state index in [4.69, 9.17) is 9.84 Å². The molecule has 0 amide bonds. The van der Waals surface area contributed by atoms with Gasteiger partial charge < -0.3 is 9.84 Å². The van der Waals surface area contributed by atoms with Crippen LogP contribution < -0.4 is 0 Å². The van der Waals surface area contributed by atoms with Crippen LogP contribution in [0.1, 0.15) is 18.6 Å². The van der Waals surface area contributed by atoms with E-state index >= 15 is 0 Å². The van der Waals surface area contributed by atoms with Crippen LogP contribution in [-0.4, -0.2) is 23.1 Å². The number of hydrogen-bond acceptors (Lipinski definition) is 2. The van der Waals surface area contributed by atoms with Gasteiger partial charge in [0.25, 0.3) is 0 Å². The van der Waals surface area contributed by atoms with Crippen LogP contribution in [0.15, 0.2) is 30.3 Å². The SMILES string of the molecule is CCO[C@H](c1ccccc1)[C@@H](Br)CO. The summed E-state index contributed by atoms with van der Waals surface area (Å²) in [5, 5.41) is 9.07. The Balaban J connectivity index is 2.77. The summed E-state index contributed by atoms with van der Waals surface area (Å²) < 4.78 is 5.57. The number of benzene rings is 1. The van der Waals surface area contributed by atoms with E-state index in [9.17, 15) is 0 Å². The van der Waals surface area contributed by atoms with E-state index < -0.39 is 0 Å². The van der Waals surface area contributed by atoms with Crippen molar-refractivity contribution < 1.29 is 9.84 Å². The summed E-state index contributed by atoms with van der Waals surface area (Å²) in [7, 11) is 0. The van der Waals surface area contributed by atoms with Crippen molar-refractivity contribution in [3.63, 3.8) is 0 Å². The fourth-order valence-corrected chi connectivity index (χ4v) is 1.79. The molecule has 1 aromatic carbocycles. The Morgan fingerprint density at radius 1 is 1.36 bits per heavy atom. The van der Waals surface area contributed by atoms with Crippen LogP contribution in [0, 0.1) is 0 Å². The lowest BCUT2D eigenvalue weighted by molar-refractivity contribution is 0.0500. The first-order valence-corrected chi connectivity index (χ1v) is 5.62. The highest BCUT2D eigenvalue weighted by Gasteiger charge is 2.19. The first-order chi connectivity index (χ1) is 6.79. The van der Waals surface area contributed by atoms with Gasteiger partial charge in [0.15, 0.2) is 0 Å². The smallest absolute Gasteiger partial charge is 0.0971 e. The Labute approximate surface area is 93.0 Å². The van der Waals surface area contributed by atoms with Gasteiger partial charge in [-0.15, -0.1) is 0 Å². The van der Waals surface area contributed by atoms with Crippen molar-refractivity contribution in [2.45, 2.75) is 17.9 Å². The summed E-state index contributed by atoms with van der Waals surface area (Å²) in [6.45, 7) is 2.66. The van der Waals surface area contributed by atoms with Crippen molar-refractivity contribution in [3.8, 4) is 0 Å². The van der Waals surface area contributed by atoms with Crippen molar-refractivity contribution in [2.75, 3.05) is 13.2 Å². The Hall–Kier alpha value is -0.380. The van der Waals surface area contributed by atoms with Crippen molar-refractivity contribution in [3.05, 3.63) is 35.9 Å². The molecule has 14 heavy (non-hydrogen) atoms. The molecule has 0 spiro atoms. The van der Waals surface area contributed by atoms with Gasteiger partial charge in [0.1, 0.15) is 0 Å². The molecular weight excluding hydrogens is 244 g/mol. The molecule has 0 aliphatic carbocycles. The van der Waals surface area contributed by atoms with E-state index in [1.54, 1.807) is 0 Å². The summed E-state index contributed by atoms with van der Waals surface area (Å²) in [6, 6.07) is 9.92. The minimum Gasteiger partial charge on any atom is -0.395 e. The number of aliphatic hydroxyl groups excluding tert-OH is 1. The number of rotatable bonds is 5. The third kappa shape index (κ3) is 3.08. The van der Waals surface area contributed by atoms with Crippen molar-refractivity contribution in [1.82, 2.24) is 0 Å². The fourth-order valence-electron chi connectivity index (χ4n) is 1.33. The Kier molecular flexibility index (Phi) is 5.15. The molecule has 1 N–H and O–H groups in total. The zero-order valence-electron chi connectivity index (χ0n) is 8.19. The van der Waals surface area contributed by atoms with Gasteiger partial charge in [-0.05, 0) is 12.5 Å². The quantitative estimate of drug-likeness (QED) is 0.823. The monoisotopic (exact) mass is 258 g/mol. The minimum atomic E-state index is -0.0776. The second kappa shape index (κ2) is 6.17. The summed E-state index contributed by atoms with van der Waals surface area (Å²) >= 11 is 3.41. The highest BCUT2D eigenvalue weighted by molar-refractivity contribution is 9.09. The second-order valence-electron chi connectivity index (χ2n) is 2.99. The standard InChI is InChI=1S/C11H15BrO2/c1-2-14-11(10(12)8-13)9-6-4-3-5-7-9/h3-7,10-11,13H,2,8H2,1H3/t10-,11+/m0/s1. The number of hydrogen-bond donors (Lipinski definition) is 1. The molecule has 0 bridgehead atoms. The normalized spacial score (nSPS) is 15.1. The summed E-state index contributed by atoms with van der Waals surface area (Å²) in [5.41, 5.74) is 1.09. The largest absolute Gasteiger partial charge is 0.395 e. The molecule has 2 atom stereocenters. The van der Waals surface area contributed by atoms with Crippen molar-refractivity contribution in [2.24, 2.45) is 0 Å². The molecule has 0 aliphatic heterocycles. The van der Waals surface area contributed by atoms with Gasteiger partial charge in [-0.25, -0.2) is 0 Å². The zero-order valence-corrected chi connectivity index (χ0v) is 9.78. The Morgan fingerprint density at radius 3 is 2.50 bits per heavy atom. The van der Waals surface area contributed by atoms with Gasteiger partial charge in [0, 0.05) is 6.61 Å². The Bertz CT molecular complexity index is 251. The topological polar surface area (TPSA) is 29.5 Å². The summed E-state index contributed by atoms with van der Waals surface area (Å²) in [5.74, 6) is 0. The highest BCUT2D eigenvalue weighted by atomic mass is 79.9. The van der Waals surface area contributed by atoms with Gasteiger partial charge in [-0.1, -0.05) is 46.3 Å². The Morgan fingerprint density at radius 2 is 2.00 bits per heavy atom. The van der Waals surface area contributed by atoms with E-state index in [2.05, 4.69) is 15.9 Å². The van der Waals surface area contributed by atoms with Gasteiger partial charge in [0.05, 0.1) is 17.5 Å². The number of halogens is 1. The lowest BCUT2D eigenvalue weighted by Crippen LogP contribution is -2.19. The molecule has 3 heteroatoms. The molecule has 1 rings (SSSR count). The van der Waals surface area contributed by atoms with Crippen LogP contribution in [-0.2, 0) is 4.74 Å². The molecule has 78 valence electrons. The molecule has 0 saturated carbocycles. The third-order valence-electron chi connectivity index (χ3n) is 1.98. The van der Waals surface area contributed by atoms with Crippen LogP contribution in [0.2, 0.25) is 0 Å². The van der Waals surface area contributed by atoms with E-state index in [1.807, 2.05) is 37.3 Å². The van der Waals surface area contributed by atoms with Crippen LogP contribution in [0.5, 0.6) is 0 Å². The second-order valence-corrected chi connectivity index (χ2v) is 4.16. The summed E-state index contributed by atoms with van der Waals surface area (Å²) in [4.78, 5) is -0.0511. The number of aliphatic hydroxyl groups is 1. The maximum Gasteiger partial charge on any atom is 0.0971 e. The van der Waals surface area contributed by atoms with E-state index in [0.29, 0.717) is 6.61 Å². The molecule has 0 radical (unpaired) electrons. The van der Waals surface area contributed by atoms with Gasteiger partial charge >= 0.3 is 0 Å². The lowest BCUT2D eigenvalue weighted by Gasteiger charge is -2.21. The van der Waals surface area contributed by atoms with Crippen molar-refractivity contribution >= 4 is 15.9 Å². The molecule has 0 saturated heterocycles. The maximum absolute atomic E-state index is 9.07. The van der Waals surface area contributed by atoms with Gasteiger partial charge in [-0.2, -0.15) is 0 Å². The van der Waals surface area contributed by atoms with Crippen LogP contribution in [0.4, 0.5) is 0 Å². The molecule has 0 aromatic heterocycles. The molecule has 1 aromatic rings. The minimum absolute atomic E-state index is 0.0511. The number of ether oxygens (including phenoxy) is 1. The van der Waals surface area contributed by atoms with E-state index in [0.717, 1.165) is 5.56 Å². The average Bonchev–Trinajstić information content (AvgIpc) is 2.26. The third-order valence-corrected chi connectivity index (χ3v) is 2.75. The first kappa shape index (κ1) is 11.7. The first-order valence-electron chi connectivity index (χ1n) is 4.71. The fraction of sp³-hybridized carbons (Fsp3) is 0.455. The molecule has 0 unspecified atom stereocenters. The van der Waals surface area contributed by atoms with E-state index in [-0.39, 0.29) is 17.5 Å². The molecule has 0 aliphatic rings. The number of alkyl halides is 1. The predicted molar refractivity (Wildman–Crippen MR) is 60.6 cm³/mol. The average molecular weight is 259 g/mol. The van der Waals surface area contributed by atoms with Gasteiger partial charge in [-0.3, -0.25) is 0 Å². The van der Waals surface area contributed by atoms with Crippen molar-refractivity contribution in [1.29, 1.82) is 0 Å². The van der Waals surface area contributed by atoms with E-state index in [1.165, 1.54) is 0 Å². The summed E-state index contributed by atoms with van der Waals surface area (Å²) in [6.07, 6.45) is -0.0776. The molecule has 0 heterocycles. The highest BCUT2D eigenvalue weighted by Crippen LogP contribution is 2.25. The maximum atomic E-state index is 9.07. The molecule has 0 fully saturated rings. The molecule has 2 nitrogen and oxygen atoms in total.